The molecule has 0 bridgehead atoms. The van der Waals surface area contributed by atoms with Crippen LogP contribution in [0.4, 0.5) is 0 Å². The van der Waals surface area contributed by atoms with Gasteiger partial charge in [-0.15, -0.1) is 0 Å². The molecule has 1 spiro atoms. The third-order valence-corrected chi connectivity index (χ3v) is 5.48. The van der Waals surface area contributed by atoms with E-state index >= 15 is 0 Å². The second-order valence-electron chi connectivity index (χ2n) is 8.03. The van der Waals surface area contributed by atoms with E-state index in [1.165, 1.54) is 0 Å². The lowest BCUT2D eigenvalue weighted by atomic mass is 9.85. The third kappa shape index (κ3) is 4.06. The number of rotatable bonds is 4. The highest BCUT2D eigenvalue weighted by molar-refractivity contribution is 5.81. The van der Waals surface area contributed by atoms with Gasteiger partial charge in [-0.05, 0) is 19.1 Å². The molecule has 2 saturated heterocycles. The van der Waals surface area contributed by atoms with E-state index in [-0.39, 0.29) is 23.1 Å². The van der Waals surface area contributed by atoms with Crippen molar-refractivity contribution in [2.75, 3.05) is 39.3 Å². The molecule has 1 aromatic heterocycles. The quantitative estimate of drug-likeness (QED) is 0.821. The maximum atomic E-state index is 12.7. The molecular formula is C20H30N4O2. The Labute approximate surface area is 156 Å². The molecular weight excluding hydrogens is 328 g/mol. The van der Waals surface area contributed by atoms with Crippen LogP contribution in [0.1, 0.15) is 32.9 Å². The predicted molar refractivity (Wildman–Crippen MR) is 100 cm³/mol. The first-order valence-corrected chi connectivity index (χ1v) is 9.61. The standard InChI is InChI=1S/C20H30N4O2/c1-4-23-14-20(11-18(23)25)13-22(12-17-7-5-6-8-21-17)9-10-24(15-20)19(26)16(2)3/h5-8,16H,4,9-15H2,1-3H3. The minimum Gasteiger partial charge on any atom is -0.342 e. The number of carbonyl (C=O) groups excluding carboxylic acids is 2. The predicted octanol–water partition coefficient (Wildman–Crippen LogP) is 1.62. The van der Waals surface area contributed by atoms with Crippen molar-refractivity contribution in [3.63, 3.8) is 0 Å². The molecule has 0 aromatic carbocycles. The van der Waals surface area contributed by atoms with Crippen molar-refractivity contribution in [1.82, 2.24) is 19.7 Å². The maximum Gasteiger partial charge on any atom is 0.225 e. The van der Waals surface area contributed by atoms with Gasteiger partial charge in [0, 0.05) is 69.8 Å². The van der Waals surface area contributed by atoms with Gasteiger partial charge in [0.05, 0.1) is 5.69 Å². The molecule has 0 saturated carbocycles. The lowest BCUT2D eigenvalue weighted by Gasteiger charge is -2.34. The topological polar surface area (TPSA) is 56.8 Å². The monoisotopic (exact) mass is 358 g/mol. The fourth-order valence-electron chi connectivity index (χ4n) is 4.24. The number of pyridine rings is 1. The molecule has 3 rings (SSSR count). The summed E-state index contributed by atoms with van der Waals surface area (Å²) in [6.07, 6.45) is 2.34. The Balaban J connectivity index is 1.82. The van der Waals surface area contributed by atoms with Gasteiger partial charge in [0.25, 0.3) is 0 Å². The van der Waals surface area contributed by atoms with E-state index in [9.17, 15) is 9.59 Å². The molecule has 6 nitrogen and oxygen atoms in total. The third-order valence-electron chi connectivity index (χ3n) is 5.48. The highest BCUT2D eigenvalue weighted by Gasteiger charge is 2.46. The molecule has 0 aliphatic carbocycles. The summed E-state index contributed by atoms with van der Waals surface area (Å²) in [4.78, 5) is 35.9. The molecule has 2 aliphatic heterocycles. The highest BCUT2D eigenvalue weighted by Crippen LogP contribution is 2.35. The molecule has 2 aliphatic rings. The molecule has 3 heterocycles. The van der Waals surface area contributed by atoms with Crippen molar-refractivity contribution in [1.29, 1.82) is 0 Å². The Morgan fingerprint density at radius 3 is 2.65 bits per heavy atom. The Kier molecular flexibility index (Phi) is 5.61. The van der Waals surface area contributed by atoms with Crippen LogP contribution in [0, 0.1) is 11.3 Å². The van der Waals surface area contributed by atoms with E-state index in [1.54, 1.807) is 0 Å². The number of hydrogen-bond acceptors (Lipinski definition) is 4. The second-order valence-corrected chi connectivity index (χ2v) is 8.03. The Hall–Kier alpha value is -1.95. The summed E-state index contributed by atoms with van der Waals surface area (Å²) >= 11 is 0. The Morgan fingerprint density at radius 1 is 1.23 bits per heavy atom. The van der Waals surface area contributed by atoms with E-state index in [0.29, 0.717) is 19.5 Å². The first kappa shape index (κ1) is 18.8. The minimum atomic E-state index is -0.178. The Bertz CT molecular complexity index is 648. The summed E-state index contributed by atoms with van der Waals surface area (Å²) in [7, 11) is 0. The normalized spacial score (nSPS) is 24.5. The average Bonchev–Trinajstić information content (AvgIpc) is 2.82. The lowest BCUT2D eigenvalue weighted by Crippen LogP contribution is -2.45. The molecule has 26 heavy (non-hydrogen) atoms. The zero-order chi connectivity index (χ0) is 18.7. The summed E-state index contributed by atoms with van der Waals surface area (Å²) in [6, 6.07) is 5.96. The van der Waals surface area contributed by atoms with Crippen LogP contribution in [-0.2, 0) is 16.1 Å². The van der Waals surface area contributed by atoms with Crippen LogP contribution in [0.3, 0.4) is 0 Å². The number of amides is 2. The number of aromatic nitrogens is 1. The van der Waals surface area contributed by atoms with Gasteiger partial charge in [-0.3, -0.25) is 19.5 Å². The molecule has 2 amide bonds. The summed E-state index contributed by atoms with van der Waals surface area (Å²) in [6.45, 7) is 11.2. The summed E-state index contributed by atoms with van der Waals surface area (Å²) in [5.41, 5.74) is 0.853. The molecule has 2 fully saturated rings. The molecule has 0 N–H and O–H groups in total. The second kappa shape index (κ2) is 7.74. The molecule has 1 unspecified atom stereocenters. The summed E-state index contributed by atoms with van der Waals surface area (Å²) in [5.74, 6) is 0.379. The number of hydrogen-bond donors (Lipinski definition) is 0. The van der Waals surface area contributed by atoms with Gasteiger partial charge >= 0.3 is 0 Å². The van der Waals surface area contributed by atoms with E-state index < -0.39 is 0 Å². The first-order chi connectivity index (χ1) is 12.4. The summed E-state index contributed by atoms with van der Waals surface area (Å²) < 4.78 is 0. The van der Waals surface area contributed by atoms with Gasteiger partial charge in [-0.2, -0.15) is 0 Å². The molecule has 0 radical (unpaired) electrons. The molecule has 1 atom stereocenters. The van der Waals surface area contributed by atoms with Crippen molar-refractivity contribution in [3.05, 3.63) is 30.1 Å². The Morgan fingerprint density at radius 2 is 2.04 bits per heavy atom. The van der Waals surface area contributed by atoms with Crippen LogP contribution in [0.15, 0.2) is 24.4 Å². The van der Waals surface area contributed by atoms with Gasteiger partial charge in [0.15, 0.2) is 0 Å². The molecule has 6 heteroatoms. The molecule has 1 aromatic rings. The maximum absolute atomic E-state index is 12.7. The van der Waals surface area contributed by atoms with E-state index in [1.807, 2.05) is 55.0 Å². The largest absolute Gasteiger partial charge is 0.342 e. The van der Waals surface area contributed by atoms with Crippen LogP contribution in [0.2, 0.25) is 0 Å². The number of likely N-dealkylation sites (tertiary alicyclic amines) is 1. The number of nitrogens with zero attached hydrogens (tertiary/aromatic N) is 4. The van der Waals surface area contributed by atoms with Crippen molar-refractivity contribution in [2.24, 2.45) is 11.3 Å². The fraction of sp³-hybridized carbons (Fsp3) is 0.650. The van der Waals surface area contributed by atoms with Crippen molar-refractivity contribution in [2.45, 2.75) is 33.7 Å². The van der Waals surface area contributed by atoms with Crippen LogP contribution < -0.4 is 0 Å². The van der Waals surface area contributed by atoms with Gasteiger partial charge in [0.2, 0.25) is 11.8 Å². The fourth-order valence-corrected chi connectivity index (χ4v) is 4.24. The zero-order valence-electron chi connectivity index (χ0n) is 16.1. The van der Waals surface area contributed by atoms with Crippen LogP contribution in [0.25, 0.3) is 0 Å². The van der Waals surface area contributed by atoms with E-state index in [0.717, 1.165) is 38.4 Å². The van der Waals surface area contributed by atoms with Gasteiger partial charge in [-0.1, -0.05) is 19.9 Å². The van der Waals surface area contributed by atoms with Crippen LogP contribution in [-0.4, -0.2) is 70.8 Å². The lowest BCUT2D eigenvalue weighted by molar-refractivity contribution is -0.135. The zero-order valence-corrected chi connectivity index (χ0v) is 16.1. The van der Waals surface area contributed by atoms with Crippen LogP contribution in [0.5, 0.6) is 0 Å². The SMILES string of the molecule is CCN1CC2(CC1=O)CN(Cc1ccccn1)CCN(C(=O)C(C)C)C2. The highest BCUT2D eigenvalue weighted by atomic mass is 16.2. The van der Waals surface area contributed by atoms with Gasteiger partial charge in [-0.25, -0.2) is 0 Å². The van der Waals surface area contributed by atoms with Gasteiger partial charge in [0.1, 0.15) is 0 Å². The van der Waals surface area contributed by atoms with Crippen molar-refractivity contribution < 1.29 is 9.59 Å². The smallest absolute Gasteiger partial charge is 0.225 e. The minimum absolute atomic E-state index is 0.0197. The van der Waals surface area contributed by atoms with Gasteiger partial charge < -0.3 is 9.80 Å². The first-order valence-electron chi connectivity index (χ1n) is 9.61. The average molecular weight is 358 g/mol. The van der Waals surface area contributed by atoms with E-state index in [2.05, 4.69) is 9.88 Å². The van der Waals surface area contributed by atoms with Crippen molar-refractivity contribution >= 4 is 11.8 Å². The number of carbonyl (C=O) groups is 2. The van der Waals surface area contributed by atoms with Crippen LogP contribution >= 0.6 is 0 Å². The molecule has 142 valence electrons. The summed E-state index contributed by atoms with van der Waals surface area (Å²) in [5, 5.41) is 0. The van der Waals surface area contributed by atoms with E-state index in [4.69, 9.17) is 0 Å². The van der Waals surface area contributed by atoms with Crippen molar-refractivity contribution in [3.8, 4) is 0 Å².